The Kier molecular flexibility index (Phi) is 6.97. The van der Waals surface area contributed by atoms with Crippen LogP contribution in [0.5, 0.6) is 5.75 Å². The van der Waals surface area contributed by atoms with Gasteiger partial charge in [0, 0.05) is 24.7 Å². The summed E-state index contributed by atoms with van der Waals surface area (Å²) < 4.78 is 5.69. The van der Waals surface area contributed by atoms with Crippen molar-refractivity contribution in [2.45, 2.75) is 39.8 Å². The van der Waals surface area contributed by atoms with E-state index < -0.39 is 0 Å². The summed E-state index contributed by atoms with van der Waals surface area (Å²) in [6, 6.07) is 8.35. The van der Waals surface area contributed by atoms with Crippen LogP contribution in [-0.4, -0.2) is 25.1 Å². The lowest BCUT2D eigenvalue weighted by Gasteiger charge is -2.13. The van der Waals surface area contributed by atoms with Gasteiger partial charge in [0.15, 0.2) is 0 Å². The summed E-state index contributed by atoms with van der Waals surface area (Å²) in [5, 5.41) is 6.12. The van der Waals surface area contributed by atoms with Crippen molar-refractivity contribution in [3.63, 3.8) is 0 Å². The van der Waals surface area contributed by atoms with Gasteiger partial charge in [0.2, 0.25) is 5.91 Å². The molecular weight excluding hydrogens is 240 g/mol. The third kappa shape index (κ3) is 6.25. The maximum atomic E-state index is 11.3. The Balaban J connectivity index is 2.46. The standard InChI is InChI=1S/C15H24N2O2/c1-4-16-15(18)9-10-19-14-8-6-5-7-13(14)11-17-12(2)3/h5-8,12,17H,4,9-11H2,1-3H3,(H,16,18). The van der Waals surface area contributed by atoms with Gasteiger partial charge in [0.05, 0.1) is 13.0 Å². The number of hydrogen-bond acceptors (Lipinski definition) is 3. The second-order valence-electron chi connectivity index (χ2n) is 4.70. The first-order valence-electron chi connectivity index (χ1n) is 6.84. The molecule has 0 fully saturated rings. The van der Waals surface area contributed by atoms with E-state index in [1.54, 1.807) is 0 Å². The van der Waals surface area contributed by atoms with Gasteiger partial charge in [-0.15, -0.1) is 0 Å². The van der Waals surface area contributed by atoms with E-state index in [1.165, 1.54) is 0 Å². The highest BCUT2D eigenvalue weighted by Crippen LogP contribution is 2.18. The number of rotatable bonds is 8. The molecule has 4 nitrogen and oxygen atoms in total. The molecule has 106 valence electrons. The van der Waals surface area contributed by atoms with Gasteiger partial charge in [0.25, 0.3) is 0 Å². The molecule has 0 aliphatic carbocycles. The molecule has 0 atom stereocenters. The van der Waals surface area contributed by atoms with E-state index in [4.69, 9.17) is 4.74 Å². The quantitative estimate of drug-likeness (QED) is 0.756. The Bertz CT molecular complexity index is 391. The molecule has 19 heavy (non-hydrogen) atoms. The van der Waals surface area contributed by atoms with E-state index in [9.17, 15) is 4.79 Å². The zero-order chi connectivity index (χ0) is 14.1. The van der Waals surface area contributed by atoms with Gasteiger partial charge in [-0.05, 0) is 13.0 Å². The molecule has 1 aromatic rings. The molecule has 0 aliphatic heterocycles. The predicted octanol–water partition coefficient (Wildman–Crippen LogP) is 2.09. The molecule has 0 spiro atoms. The lowest BCUT2D eigenvalue weighted by Crippen LogP contribution is -2.24. The lowest BCUT2D eigenvalue weighted by molar-refractivity contribution is -0.121. The number of carbonyl (C=O) groups is 1. The van der Waals surface area contributed by atoms with Crippen LogP contribution in [0, 0.1) is 0 Å². The number of benzene rings is 1. The van der Waals surface area contributed by atoms with Gasteiger partial charge in [-0.25, -0.2) is 0 Å². The van der Waals surface area contributed by atoms with Crippen LogP contribution in [-0.2, 0) is 11.3 Å². The van der Waals surface area contributed by atoms with Crippen LogP contribution < -0.4 is 15.4 Å². The largest absolute Gasteiger partial charge is 0.493 e. The first-order chi connectivity index (χ1) is 9.13. The van der Waals surface area contributed by atoms with Gasteiger partial charge in [-0.3, -0.25) is 4.79 Å². The number of amides is 1. The van der Waals surface area contributed by atoms with Crippen molar-refractivity contribution in [3.8, 4) is 5.75 Å². The summed E-state index contributed by atoms with van der Waals surface area (Å²) in [7, 11) is 0. The number of para-hydroxylation sites is 1. The molecule has 0 radical (unpaired) electrons. The third-order valence-electron chi connectivity index (χ3n) is 2.63. The van der Waals surface area contributed by atoms with E-state index in [0.717, 1.165) is 17.9 Å². The fourth-order valence-corrected chi connectivity index (χ4v) is 1.64. The Morgan fingerprint density at radius 3 is 2.74 bits per heavy atom. The predicted molar refractivity (Wildman–Crippen MR) is 77.2 cm³/mol. The van der Waals surface area contributed by atoms with Crippen molar-refractivity contribution in [1.29, 1.82) is 0 Å². The van der Waals surface area contributed by atoms with Crippen molar-refractivity contribution >= 4 is 5.91 Å². The van der Waals surface area contributed by atoms with Crippen molar-refractivity contribution in [3.05, 3.63) is 29.8 Å². The zero-order valence-electron chi connectivity index (χ0n) is 12.0. The van der Waals surface area contributed by atoms with E-state index >= 15 is 0 Å². The molecule has 0 aliphatic rings. The summed E-state index contributed by atoms with van der Waals surface area (Å²) in [6.07, 6.45) is 0.389. The van der Waals surface area contributed by atoms with E-state index in [2.05, 4.69) is 24.5 Å². The van der Waals surface area contributed by atoms with Crippen LogP contribution in [0.4, 0.5) is 0 Å². The number of hydrogen-bond donors (Lipinski definition) is 2. The molecule has 1 rings (SSSR count). The maximum absolute atomic E-state index is 11.3. The summed E-state index contributed by atoms with van der Waals surface area (Å²) in [5.74, 6) is 0.875. The Hall–Kier alpha value is -1.55. The molecule has 0 bridgehead atoms. The van der Waals surface area contributed by atoms with Crippen LogP contribution in [0.2, 0.25) is 0 Å². The molecule has 1 aromatic carbocycles. The highest BCUT2D eigenvalue weighted by atomic mass is 16.5. The average molecular weight is 264 g/mol. The molecular formula is C15H24N2O2. The fraction of sp³-hybridized carbons (Fsp3) is 0.533. The minimum atomic E-state index is 0.0280. The topological polar surface area (TPSA) is 50.4 Å². The van der Waals surface area contributed by atoms with E-state index in [-0.39, 0.29) is 5.91 Å². The van der Waals surface area contributed by atoms with Gasteiger partial charge < -0.3 is 15.4 Å². The zero-order valence-corrected chi connectivity index (χ0v) is 12.0. The minimum absolute atomic E-state index is 0.0280. The summed E-state index contributed by atoms with van der Waals surface area (Å²) in [4.78, 5) is 11.3. The molecule has 2 N–H and O–H groups in total. The highest BCUT2D eigenvalue weighted by molar-refractivity contribution is 5.75. The summed E-state index contributed by atoms with van der Waals surface area (Å²) in [5.41, 5.74) is 1.12. The van der Waals surface area contributed by atoms with Crippen LogP contribution in [0.25, 0.3) is 0 Å². The van der Waals surface area contributed by atoms with Crippen molar-refractivity contribution in [2.75, 3.05) is 13.2 Å². The molecule has 0 saturated heterocycles. The Labute approximate surface area is 115 Å². The number of carbonyl (C=O) groups excluding carboxylic acids is 1. The molecule has 1 amide bonds. The minimum Gasteiger partial charge on any atom is -0.493 e. The molecule has 0 unspecified atom stereocenters. The van der Waals surface area contributed by atoms with Crippen LogP contribution in [0.3, 0.4) is 0 Å². The normalized spacial score (nSPS) is 10.5. The molecule has 0 aromatic heterocycles. The van der Waals surface area contributed by atoms with Gasteiger partial charge in [0.1, 0.15) is 5.75 Å². The van der Waals surface area contributed by atoms with Crippen molar-refractivity contribution in [1.82, 2.24) is 10.6 Å². The highest BCUT2D eigenvalue weighted by Gasteiger charge is 2.05. The number of nitrogens with one attached hydrogen (secondary N) is 2. The summed E-state index contributed by atoms with van der Waals surface area (Å²) >= 11 is 0. The molecule has 0 saturated carbocycles. The number of ether oxygens (including phenoxy) is 1. The summed E-state index contributed by atoms with van der Waals surface area (Å²) in [6.45, 7) is 7.97. The van der Waals surface area contributed by atoms with Crippen molar-refractivity contribution in [2.24, 2.45) is 0 Å². The van der Waals surface area contributed by atoms with Crippen LogP contribution in [0.1, 0.15) is 32.8 Å². The average Bonchev–Trinajstić information content (AvgIpc) is 2.38. The Morgan fingerprint density at radius 2 is 2.05 bits per heavy atom. The second-order valence-corrected chi connectivity index (χ2v) is 4.70. The molecule has 0 heterocycles. The van der Waals surface area contributed by atoms with Gasteiger partial charge in [-0.1, -0.05) is 32.0 Å². The second kappa shape index (κ2) is 8.53. The van der Waals surface area contributed by atoms with Crippen LogP contribution >= 0.6 is 0 Å². The molecule has 4 heteroatoms. The van der Waals surface area contributed by atoms with Gasteiger partial charge in [-0.2, -0.15) is 0 Å². The smallest absolute Gasteiger partial charge is 0.223 e. The van der Waals surface area contributed by atoms with E-state index in [1.807, 2.05) is 31.2 Å². The van der Waals surface area contributed by atoms with Crippen molar-refractivity contribution < 1.29 is 9.53 Å². The SMILES string of the molecule is CCNC(=O)CCOc1ccccc1CNC(C)C. The first-order valence-corrected chi connectivity index (χ1v) is 6.84. The van der Waals surface area contributed by atoms with Crippen LogP contribution in [0.15, 0.2) is 24.3 Å². The Morgan fingerprint density at radius 1 is 1.32 bits per heavy atom. The maximum Gasteiger partial charge on any atom is 0.223 e. The van der Waals surface area contributed by atoms with Gasteiger partial charge >= 0.3 is 0 Å². The lowest BCUT2D eigenvalue weighted by atomic mass is 10.2. The fourth-order valence-electron chi connectivity index (χ4n) is 1.64. The third-order valence-corrected chi connectivity index (χ3v) is 2.63. The first kappa shape index (κ1) is 15.5. The monoisotopic (exact) mass is 264 g/mol. The van der Waals surface area contributed by atoms with E-state index in [0.29, 0.717) is 25.6 Å².